The third kappa shape index (κ3) is 2.84. The molecular weight excluding hydrogens is 374 g/mol. The molecule has 0 aliphatic heterocycles. The summed E-state index contributed by atoms with van der Waals surface area (Å²) in [6, 6.07) is 10.1. The number of pyridine rings is 1. The van der Waals surface area contributed by atoms with Gasteiger partial charge >= 0.3 is 0 Å². The number of nitrogens with two attached hydrogens (primary N) is 1. The number of amides is 1. The molecular formula is C17H16BrN3OS. The Bertz CT molecular complexity index is 900. The Balaban J connectivity index is 2.30. The number of carbonyl (C=O) groups excluding carboxylic acids is 1. The lowest BCUT2D eigenvalue weighted by Crippen LogP contribution is -2.21. The Kier molecular flexibility index (Phi) is 4.12. The van der Waals surface area contributed by atoms with E-state index in [0.717, 1.165) is 31.5 Å². The molecule has 6 heteroatoms. The van der Waals surface area contributed by atoms with Gasteiger partial charge in [-0.05, 0) is 36.2 Å². The fraction of sp³-hybridized carbons (Fsp3) is 0.176. The standard InChI is InChI=1S/C17H16BrN3OS/c1-9-8-12(10-4-6-11(18)7-5-10)13-14(19)15(17(22)21(2)3)23-16(13)20-9/h4-8H,19H2,1-3H3. The Morgan fingerprint density at radius 1 is 1.26 bits per heavy atom. The Morgan fingerprint density at radius 3 is 2.52 bits per heavy atom. The smallest absolute Gasteiger partial charge is 0.265 e. The van der Waals surface area contributed by atoms with Gasteiger partial charge in [0.05, 0.1) is 5.69 Å². The van der Waals surface area contributed by atoms with Gasteiger partial charge in [-0.2, -0.15) is 0 Å². The molecule has 0 saturated carbocycles. The SMILES string of the molecule is Cc1cc(-c2ccc(Br)cc2)c2c(N)c(C(=O)N(C)C)sc2n1. The monoisotopic (exact) mass is 389 g/mol. The fourth-order valence-corrected chi connectivity index (χ4v) is 3.91. The van der Waals surface area contributed by atoms with Gasteiger partial charge in [-0.3, -0.25) is 4.79 Å². The second-order valence-corrected chi connectivity index (χ2v) is 7.46. The number of hydrogen-bond acceptors (Lipinski definition) is 4. The quantitative estimate of drug-likeness (QED) is 0.709. The first-order valence-electron chi connectivity index (χ1n) is 7.05. The third-order valence-corrected chi connectivity index (χ3v) is 5.20. The molecule has 0 fully saturated rings. The molecule has 0 atom stereocenters. The van der Waals surface area contributed by atoms with Crippen molar-refractivity contribution in [1.82, 2.24) is 9.88 Å². The van der Waals surface area contributed by atoms with Crippen LogP contribution in [-0.4, -0.2) is 29.9 Å². The second kappa shape index (κ2) is 5.94. The van der Waals surface area contributed by atoms with Gasteiger partial charge < -0.3 is 10.6 Å². The van der Waals surface area contributed by atoms with Crippen LogP contribution in [0.4, 0.5) is 5.69 Å². The van der Waals surface area contributed by atoms with E-state index in [0.29, 0.717) is 10.6 Å². The van der Waals surface area contributed by atoms with Gasteiger partial charge in [-0.1, -0.05) is 28.1 Å². The zero-order valence-corrected chi connectivity index (χ0v) is 15.5. The highest BCUT2D eigenvalue weighted by Gasteiger charge is 2.21. The van der Waals surface area contributed by atoms with Crippen LogP contribution in [0.15, 0.2) is 34.8 Å². The first-order valence-corrected chi connectivity index (χ1v) is 8.66. The number of nitrogen functional groups attached to an aromatic ring is 1. The summed E-state index contributed by atoms with van der Waals surface area (Å²) in [4.78, 5) is 19.8. The molecule has 1 aromatic carbocycles. The van der Waals surface area contributed by atoms with E-state index in [9.17, 15) is 4.79 Å². The van der Waals surface area contributed by atoms with Crippen LogP contribution in [0.3, 0.4) is 0 Å². The van der Waals surface area contributed by atoms with Crippen LogP contribution in [0, 0.1) is 6.92 Å². The first-order chi connectivity index (χ1) is 10.9. The van der Waals surface area contributed by atoms with E-state index in [1.54, 1.807) is 14.1 Å². The minimum atomic E-state index is -0.0927. The predicted molar refractivity (Wildman–Crippen MR) is 99.9 cm³/mol. The van der Waals surface area contributed by atoms with Gasteiger partial charge in [-0.15, -0.1) is 11.3 Å². The lowest BCUT2D eigenvalue weighted by atomic mass is 10.0. The molecule has 0 unspecified atom stereocenters. The van der Waals surface area contributed by atoms with Gasteiger partial charge in [0.2, 0.25) is 0 Å². The minimum absolute atomic E-state index is 0.0927. The summed E-state index contributed by atoms with van der Waals surface area (Å²) < 4.78 is 1.02. The average Bonchev–Trinajstić information content (AvgIpc) is 2.83. The number of halogens is 1. The van der Waals surface area contributed by atoms with Crippen LogP contribution >= 0.6 is 27.3 Å². The number of benzene rings is 1. The zero-order valence-electron chi connectivity index (χ0n) is 13.1. The Hall–Kier alpha value is -1.92. The van der Waals surface area contributed by atoms with E-state index < -0.39 is 0 Å². The summed E-state index contributed by atoms with van der Waals surface area (Å²) in [5.41, 5.74) is 9.78. The number of rotatable bonds is 2. The van der Waals surface area contributed by atoms with Crippen molar-refractivity contribution in [3.63, 3.8) is 0 Å². The van der Waals surface area contributed by atoms with Crippen LogP contribution < -0.4 is 5.73 Å². The van der Waals surface area contributed by atoms with E-state index in [1.165, 1.54) is 16.2 Å². The molecule has 0 bridgehead atoms. The van der Waals surface area contributed by atoms with Crippen LogP contribution in [-0.2, 0) is 0 Å². The molecule has 3 rings (SSSR count). The fourth-order valence-electron chi connectivity index (χ4n) is 2.46. The number of carbonyl (C=O) groups is 1. The topological polar surface area (TPSA) is 59.2 Å². The molecule has 4 nitrogen and oxygen atoms in total. The lowest BCUT2D eigenvalue weighted by Gasteiger charge is -2.09. The van der Waals surface area contributed by atoms with Crippen molar-refractivity contribution < 1.29 is 4.79 Å². The summed E-state index contributed by atoms with van der Waals surface area (Å²) in [5.74, 6) is -0.0927. The molecule has 118 valence electrons. The highest BCUT2D eigenvalue weighted by atomic mass is 79.9. The van der Waals surface area contributed by atoms with Crippen LogP contribution in [0.25, 0.3) is 21.3 Å². The number of thiophene rings is 1. The number of fused-ring (bicyclic) bond motifs is 1. The maximum absolute atomic E-state index is 12.3. The molecule has 2 N–H and O–H groups in total. The average molecular weight is 390 g/mol. The second-order valence-electron chi connectivity index (χ2n) is 5.54. The van der Waals surface area contributed by atoms with E-state index >= 15 is 0 Å². The normalized spacial score (nSPS) is 11.0. The van der Waals surface area contributed by atoms with Crippen molar-refractivity contribution in [3.05, 3.63) is 45.4 Å². The summed E-state index contributed by atoms with van der Waals surface area (Å²) in [6.07, 6.45) is 0. The summed E-state index contributed by atoms with van der Waals surface area (Å²) in [5, 5.41) is 0.855. The molecule has 23 heavy (non-hydrogen) atoms. The van der Waals surface area contributed by atoms with Crippen molar-refractivity contribution >= 4 is 49.1 Å². The molecule has 2 aromatic heterocycles. The van der Waals surface area contributed by atoms with Crippen molar-refractivity contribution in [2.75, 3.05) is 19.8 Å². The largest absolute Gasteiger partial charge is 0.397 e. The van der Waals surface area contributed by atoms with Crippen molar-refractivity contribution in [1.29, 1.82) is 0 Å². The third-order valence-electron chi connectivity index (χ3n) is 3.58. The maximum Gasteiger partial charge on any atom is 0.265 e. The number of aryl methyl sites for hydroxylation is 1. The minimum Gasteiger partial charge on any atom is -0.397 e. The molecule has 3 aromatic rings. The molecule has 0 radical (unpaired) electrons. The van der Waals surface area contributed by atoms with Crippen LogP contribution in [0.2, 0.25) is 0 Å². The van der Waals surface area contributed by atoms with E-state index in [2.05, 4.69) is 20.9 Å². The van der Waals surface area contributed by atoms with Gasteiger partial charge in [-0.25, -0.2) is 4.98 Å². The molecule has 0 aliphatic rings. The highest BCUT2D eigenvalue weighted by molar-refractivity contribution is 9.10. The van der Waals surface area contributed by atoms with Gasteiger partial charge in [0.15, 0.2) is 0 Å². The van der Waals surface area contributed by atoms with Gasteiger partial charge in [0, 0.05) is 29.6 Å². The number of nitrogens with zero attached hydrogens (tertiary/aromatic N) is 2. The first kappa shape index (κ1) is 16.0. The number of hydrogen-bond donors (Lipinski definition) is 1. The van der Waals surface area contributed by atoms with Crippen molar-refractivity contribution in [2.24, 2.45) is 0 Å². The highest BCUT2D eigenvalue weighted by Crippen LogP contribution is 2.40. The maximum atomic E-state index is 12.3. The zero-order chi connectivity index (χ0) is 16.7. The van der Waals surface area contributed by atoms with Gasteiger partial charge in [0.1, 0.15) is 9.71 Å². The van der Waals surface area contributed by atoms with Crippen molar-refractivity contribution in [3.8, 4) is 11.1 Å². The Morgan fingerprint density at radius 2 is 1.91 bits per heavy atom. The lowest BCUT2D eigenvalue weighted by molar-refractivity contribution is 0.0833. The molecule has 1 amide bonds. The van der Waals surface area contributed by atoms with Gasteiger partial charge in [0.25, 0.3) is 5.91 Å². The summed E-state index contributed by atoms with van der Waals surface area (Å²) >= 11 is 4.80. The molecule has 0 spiro atoms. The molecule has 0 saturated heterocycles. The van der Waals surface area contributed by atoms with Crippen LogP contribution in [0.5, 0.6) is 0 Å². The van der Waals surface area contributed by atoms with E-state index in [4.69, 9.17) is 5.73 Å². The number of anilines is 1. The number of aromatic nitrogens is 1. The predicted octanol–water partition coefficient (Wildman–Crippen LogP) is 4.32. The van der Waals surface area contributed by atoms with Crippen molar-refractivity contribution in [2.45, 2.75) is 6.92 Å². The Labute approximate surface area is 147 Å². The summed E-state index contributed by atoms with van der Waals surface area (Å²) in [6.45, 7) is 1.95. The van der Waals surface area contributed by atoms with E-state index in [1.807, 2.05) is 37.3 Å². The molecule has 0 aliphatic carbocycles. The van der Waals surface area contributed by atoms with Crippen LogP contribution in [0.1, 0.15) is 15.4 Å². The summed E-state index contributed by atoms with van der Waals surface area (Å²) in [7, 11) is 3.45. The van der Waals surface area contributed by atoms with E-state index in [-0.39, 0.29) is 5.91 Å². The molecule has 2 heterocycles.